The largest absolute Gasteiger partial charge is 0.502 e. The van der Waals surface area contributed by atoms with Gasteiger partial charge in [-0.1, -0.05) is 12.1 Å². The minimum absolute atomic E-state index is 0.0723. The second kappa shape index (κ2) is 8.96. The molecule has 0 heterocycles. The van der Waals surface area contributed by atoms with Gasteiger partial charge in [0.2, 0.25) is 5.75 Å². The topological polar surface area (TPSA) is 169 Å². The molecule has 0 atom stereocenters. The van der Waals surface area contributed by atoms with Gasteiger partial charge in [-0.25, -0.2) is 0 Å². The highest BCUT2D eigenvalue weighted by Gasteiger charge is 2.24. The van der Waals surface area contributed by atoms with Crippen LogP contribution < -0.4 is 10.1 Å². The molecule has 0 fully saturated rings. The fourth-order valence-corrected chi connectivity index (χ4v) is 2.31. The van der Waals surface area contributed by atoms with E-state index in [0.29, 0.717) is 17.4 Å². The molecule has 0 aliphatic rings. The number of ether oxygens (including phenoxy) is 1. The first-order chi connectivity index (χ1) is 13.8. The average Bonchev–Trinajstić information content (AvgIpc) is 2.71. The standard InChI is InChI=1S/C18H14N4O7/c1-29-15-4-2-11(3-5-15)10-20-18(24)13(9-19)6-12-7-14(21(25)26)8-16(17(12)23)22(27)28/h2-8,23H,10H2,1H3,(H,20,24)/b13-6-. The highest BCUT2D eigenvalue weighted by molar-refractivity contribution is 6.02. The third-order valence-corrected chi connectivity index (χ3v) is 3.79. The summed E-state index contributed by atoms with van der Waals surface area (Å²) in [5.74, 6) is -1.09. The molecule has 2 rings (SSSR count). The van der Waals surface area contributed by atoms with Crippen molar-refractivity contribution in [2.45, 2.75) is 6.54 Å². The third-order valence-electron chi connectivity index (χ3n) is 3.79. The van der Waals surface area contributed by atoms with Crippen LogP contribution in [0, 0.1) is 31.6 Å². The lowest BCUT2D eigenvalue weighted by Gasteiger charge is -2.06. The number of carbonyl (C=O) groups is 1. The van der Waals surface area contributed by atoms with E-state index in [1.54, 1.807) is 30.3 Å². The van der Waals surface area contributed by atoms with Gasteiger partial charge in [0.25, 0.3) is 11.6 Å². The van der Waals surface area contributed by atoms with E-state index in [9.17, 15) is 35.4 Å². The number of hydrogen-bond donors (Lipinski definition) is 2. The van der Waals surface area contributed by atoms with E-state index in [4.69, 9.17) is 4.74 Å². The van der Waals surface area contributed by atoms with Gasteiger partial charge in [-0.3, -0.25) is 25.0 Å². The van der Waals surface area contributed by atoms with Crippen molar-refractivity contribution < 1.29 is 24.5 Å². The molecule has 0 aromatic heterocycles. The van der Waals surface area contributed by atoms with E-state index >= 15 is 0 Å². The van der Waals surface area contributed by atoms with Crippen LogP contribution in [0.25, 0.3) is 6.08 Å². The van der Waals surface area contributed by atoms with Crippen molar-refractivity contribution in [1.29, 1.82) is 5.26 Å². The summed E-state index contributed by atoms with van der Waals surface area (Å²) in [7, 11) is 1.51. The zero-order valence-electron chi connectivity index (χ0n) is 15.0. The zero-order chi connectivity index (χ0) is 21.6. The van der Waals surface area contributed by atoms with Crippen molar-refractivity contribution in [1.82, 2.24) is 5.32 Å². The Bertz CT molecular complexity index is 1040. The third kappa shape index (κ3) is 5.04. The Morgan fingerprint density at radius 3 is 2.41 bits per heavy atom. The van der Waals surface area contributed by atoms with Gasteiger partial charge < -0.3 is 15.2 Å². The van der Waals surface area contributed by atoms with Crippen LogP contribution in [-0.2, 0) is 11.3 Å². The van der Waals surface area contributed by atoms with Crippen molar-refractivity contribution in [3.05, 3.63) is 73.3 Å². The van der Waals surface area contributed by atoms with Crippen molar-refractivity contribution in [3.63, 3.8) is 0 Å². The number of nitro groups is 2. The summed E-state index contributed by atoms with van der Waals surface area (Å²) < 4.78 is 5.02. The number of hydrogen-bond acceptors (Lipinski definition) is 8. The van der Waals surface area contributed by atoms with E-state index in [1.165, 1.54) is 7.11 Å². The molecule has 0 spiro atoms. The van der Waals surface area contributed by atoms with Crippen LogP contribution >= 0.6 is 0 Å². The summed E-state index contributed by atoms with van der Waals surface area (Å²) >= 11 is 0. The molecule has 2 N–H and O–H groups in total. The van der Waals surface area contributed by atoms with Crippen LogP contribution in [0.4, 0.5) is 11.4 Å². The molecule has 11 nitrogen and oxygen atoms in total. The molecule has 1 amide bonds. The number of rotatable bonds is 7. The number of aromatic hydroxyl groups is 1. The van der Waals surface area contributed by atoms with Crippen LogP contribution in [0.5, 0.6) is 11.5 Å². The molecule has 29 heavy (non-hydrogen) atoms. The van der Waals surface area contributed by atoms with Crippen molar-refractivity contribution in [2.24, 2.45) is 0 Å². The normalized spacial score (nSPS) is 10.7. The second-order valence-corrected chi connectivity index (χ2v) is 5.62. The van der Waals surface area contributed by atoms with Crippen LogP contribution in [-0.4, -0.2) is 28.0 Å². The van der Waals surface area contributed by atoms with Gasteiger partial charge in [0, 0.05) is 18.2 Å². The molecule has 0 saturated carbocycles. The SMILES string of the molecule is COc1ccc(CNC(=O)/C(C#N)=C\c2cc([N+](=O)[O-])cc([N+](=O)[O-])c2O)cc1. The lowest BCUT2D eigenvalue weighted by atomic mass is 10.1. The first kappa shape index (κ1) is 20.8. The first-order valence-corrected chi connectivity index (χ1v) is 7.95. The Morgan fingerprint density at radius 1 is 1.24 bits per heavy atom. The van der Waals surface area contributed by atoms with Gasteiger partial charge in [0.15, 0.2) is 0 Å². The van der Waals surface area contributed by atoms with Gasteiger partial charge in [0.05, 0.1) is 23.0 Å². The maximum Gasteiger partial charge on any atom is 0.318 e. The number of nitro benzene ring substituents is 2. The van der Waals surface area contributed by atoms with E-state index in [-0.39, 0.29) is 6.54 Å². The Kier molecular flexibility index (Phi) is 6.44. The molecule has 0 radical (unpaired) electrons. The lowest BCUT2D eigenvalue weighted by Crippen LogP contribution is -2.23. The molecule has 0 bridgehead atoms. The van der Waals surface area contributed by atoms with E-state index in [0.717, 1.165) is 12.1 Å². The van der Waals surface area contributed by atoms with Gasteiger partial charge in [-0.05, 0) is 23.8 Å². The van der Waals surface area contributed by atoms with Crippen LogP contribution in [0.1, 0.15) is 11.1 Å². The average molecular weight is 398 g/mol. The number of phenolic OH excluding ortho intramolecular Hbond substituents is 1. The lowest BCUT2D eigenvalue weighted by molar-refractivity contribution is -0.394. The smallest absolute Gasteiger partial charge is 0.318 e. The number of non-ortho nitro benzene ring substituents is 1. The molecule has 11 heteroatoms. The summed E-state index contributed by atoms with van der Waals surface area (Å²) in [6.07, 6.45) is 0.846. The number of carbonyl (C=O) groups excluding carboxylic acids is 1. The highest BCUT2D eigenvalue weighted by Crippen LogP contribution is 2.35. The summed E-state index contributed by atoms with van der Waals surface area (Å²) in [6, 6.07) is 9.79. The van der Waals surface area contributed by atoms with Crippen molar-refractivity contribution >= 4 is 23.4 Å². The predicted molar refractivity (Wildman–Crippen MR) is 99.8 cm³/mol. The molecule has 0 aliphatic heterocycles. The summed E-state index contributed by atoms with van der Waals surface area (Å²) in [5, 5.41) is 43.6. The monoisotopic (exact) mass is 398 g/mol. The van der Waals surface area contributed by atoms with E-state index in [2.05, 4.69) is 5.32 Å². The molecule has 148 valence electrons. The number of nitrogens with zero attached hydrogens (tertiary/aromatic N) is 3. The Hall–Kier alpha value is -4.46. The molecular weight excluding hydrogens is 384 g/mol. The fraction of sp³-hybridized carbons (Fsp3) is 0.111. The molecule has 0 aliphatic carbocycles. The summed E-state index contributed by atoms with van der Waals surface area (Å²) in [5.41, 5.74) is -1.77. The Morgan fingerprint density at radius 2 is 1.90 bits per heavy atom. The maximum absolute atomic E-state index is 12.2. The number of nitrogens with one attached hydrogen (secondary N) is 1. The molecule has 0 unspecified atom stereocenters. The Balaban J connectivity index is 2.30. The zero-order valence-corrected chi connectivity index (χ0v) is 15.0. The van der Waals surface area contributed by atoms with Crippen LogP contribution in [0.15, 0.2) is 42.0 Å². The van der Waals surface area contributed by atoms with Crippen LogP contribution in [0.2, 0.25) is 0 Å². The Labute approximate surface area is 163 Å². The van der Waals surface area contributed by atoms with Gasteiger partial charge in [-0.15, -0.1) is 0 Å². The number of phenols is 1. The highest BCUT2D eigenvalue weighted by atomic mass is 16.6. The second-order valence-electron chi connectivity index (χ2n) is 5.62. The van der Waals surface area contributed by atoms with E-state index < -0.39 is 44.0 Å². The number of benzene rings is 2. The van der Waals surface area contributed by atoms with Gasteiger partial charge in [0.1, 0.15) is 17.4 Å². The van der Waals surface area contributed by atoms with Gasteiger partial charge in [-0.2, -0.15) is 5.26 Å². The quantitative estimate of drug-likeness (QED) is 0.310. The number of methoxy groups -OCH3 is 1. The summed E-state index contributed by atoms with van der Waals surface area (Å²) in [4.78, 5) is 32.3. The molecule has 2 aromatic carbocycles. The minimum atomic E-state index is -1.00. The summed E-state index contributed by atoms with van der Waals surface area (Å²) in [6.45, 7) is 0.0723. The minimum Gasteiger partial charge on any atom is -0.502 e. The first-order valence-electron chi connectivity index (χ1n) is 7.95. The molecular formula is C18H14N4O7. The van der Waals surface area contributed by atoms with Crippen LogP contribution in [0.3, 0.4) is 0 Å². The molecule has 0 saturated heterocycles. The van der Waals surface area contributed by atoms with Crippen molar-refractivity contribution in [3.8, 4) is 17.6 Å². The number of nitriles is 1. The number of amides is 1. The van der Waals surface area contributed by atoms with E-state index in [1.807, 2.05) is 0 Å². The molecule has 2 aromatic rings. The maximum atomic E-state index is 12.2. The van der Waals surface area contributed by atoms with Gasteiger partial charge >= 0.3 is 5.69 Å². The van der Waals surface area contributed by atoms with Crippen molar-refractivity contribution in [2.75, 3.05) is 7.11 Å². The fourth-order valence-electron chi connectivity index (χ4n) is 2.31. The predicted octanol–water partition coefficient (Wildman–Crippen LogP) is 2.44.